The lowest BCUT2D eigenvalue weighted by Crippen LogP contribution is -2.47. The number of ether oxygens (including phenoxy) is 1. The van der Waals surface area contributed by atoms with Crippen LogP contribution in [0.25, 0.3) is 0 Å². The molecule has 142 valence electrons. The van der Waals surface area contributed by atoms with Gasteiger partial charge in [-0.25, -0.2) is 0 Å². The van der Waals surface area contributed by atoms with Gasteiger partial charge >= 0.3 is 0 Å². The Morgan fingerprint density at radius 1 is 1.15 bits per heavy atom. The molecule has 1 aliphatic rings. The van der Waals surface area contributed by atoms with Crippen LogP contribution in [0, 0.1) is 0 Å². The van der Waals surface area contributed by atoms with Gasteiger partial charge in [-0.15, -0.1) is 24.8 Å². The molecule has 3 N–H and O–H groups in total. The quantitative estimate of drug-likeness (QED) is 0.761. The summed E-state index contributed by atoms with van der Waals surface area (Å²) in [6, 6.07) is 17.4. The SMILES string of the molecule is Cl.Cl.Nc1cccc(C(=O)NCC2CN(Cc3ccccc3)CCO2)c1. The first kappa shape index (κ1) is 22.3. The van der Waals surface area contributed by atoms with Crippen molar-refractivity contribution in [3.05, 3.63) is 65.7 Å². The van der Waals surface area contributed by atoms with Crippen LogP contribution in [-0.2, 0) is 11.3 Å². The summed E-state index contributed by atoms with van der Waals surface area (Å²) >= 11 is 0. The lowest BCUT2D eigenvalue weighted by molar-refractivity contribution is -0.0292. The third-order valence-electron chi connectivity index (χ3n) is 4.11. The Morgan fingerprint density at radius 3 is 2.65 bits per heavy atom. The highest BCUT2D eigenvalue weighted by Gasteiger charge is 2.21. The Kier molecular flexibility index (Phi) is 9.44. The summed E-state index contributed by atoms with van der Waals surface area (Å²) in [5.74, 6) is -0.119. The van der Waals surface area contributed by atoms with E-state index in [1.54, 1.807) is 24.3 Å². The van der Waals surface area contributed by atoms with Crippen molar-refractivity contribution in [3.63, 3.8) is 0 Å². The van der Waals surface area contributed by atoms with E-state index >= 15 is 0 Å². The third kappa shape index (κ3) is 6.50. The van der Waals surface area contributed by atoms with Gasteiger partial charge in [0.25, 0.3) is 5.91 Å². The second-order valence-corrected chi connectivity index (χ2v) is 6.05. The number of nitrogens with two attached hydrogens (primary N) is 1. The molecule has 0 aromatic heterocycles. The summed E-state index contributed by atoms with van der Waals surface area (Å²) in [7, 11) is 0. The zero-order chi connectivity index (χ0) is 16.8. The van der Waals surface area contributed by atoms with Crippen molar-refractivity contribution < 1.29 is 9.53 Å². The first-order chi connectivity index (χ1) is 11.7. The molecule has 0 spiro atoms. The number of hydrogen-bond acceptors (Lipinski definition) is 4. The number of amides is 1. The van der Waals surface area contributed by atoms with Gasteiger partial charge in [-0.2, -0.15) is 0 Å². The summed E-state index contributed by atoms with van der Waals surface area (Å²) in [4.78, 5) is 14.5. The molecule has 1 aliphatic heterocycles. The summed E-state index contributed by atoms with van der Waals surface area (Å²) in [5, 5.41) is 2.93. The van der Waals surface area contributed by atoms with E-state index in [1.165, 1.54) is 5.56 Å². The molecule has 1 fully saturated rings. The topological polar surface area (TPSA) is 67.6 Å². The van der Waals surface area contributed by atoms with Crippen LogP contribution in [0.3, 0.4) is 0 Å². The average Bonchev–Trinajstić information content (AvgIpc) is 2.61. The molecule has 0 bridgehead atoms. The molecule has 5 nitrogen and oxygen atoms in total. The minimum Gasteiger partial charge on any atom is -0.399 e. The van der Waals surface area contributed by atoms with Crippen molar-refractivity contribution in [2.75, 3.05) is 32.0 Å². The van der Waals surface area contributed by atoms with E-state index in [2.05, 4.69) is 34.5 Å². The monoisotopic (exact) mass is 397 g/mol. The number of carbonyl (C=O) groups is 1. The first-order valence-corrected chi connectivity index (χ1v) is 8.22. The minimum atomic E-state index is -0.119. The van der Waals surface area contributed by atoms with Crippen molar-refractivity contribution in [2.24, 2.45) is 0 Å². The van der Waals surface area contributed by atoms with Gasteiger partial charge in [0.2, 0.25) is 0 Å². The van der Waals surface area contributed by atoms with E-state index in [-0.39, 0.29) is 36.8 Å². The van der Waals surface area contributed by atoms with Crippen LogP contribution in [0.5, 0.6) is 0 Å². The number of carbonyl (C=O) groups excluding carboxylic acids is 1. The van der Waals surface area contributed by atoms with Crippen LogP contribution in [0.4, 0.5) is 5.69 Å². The summed E-state index contributed by atoms with van der Waals surface area (Å²) in [6.45, 7) is 3.81. The number of nitrogens with zero attached hydrogens (tertiary/aromatic N) is 1. The molecule has 0 saturated carbocycles. The van der Waals surface area contributed by atoms with E-state index in [1.807, 2.05) is 6.07 Å². The molecule has 2 aromatic rings. The molecule has 1 unspecified atom stereocenters. The molecule has 1 amide bonds. The Hall–Kier alpha value is -1.79. The Bertz CT molecular complexity index is 685. The summed E-state index contributed by atoms with van der Waals surface area (Å²) in [5.41, 5.74) is 8.17. The molecular weight excluding hydrogens is 373 g/mol. The molecule has 1 atom stereocenters. The van der Waals surface area contributed by atoms with Gasteiger partial charge in [0.05, 0.1) is 12.7 Å². The Balaban J connectivity index is 0.00000169. The zero-order valence-electron chi connectivity index (χ0n) is 14.5. The van der Waals surface area contributed by atoms with Crippen LogP contribution >= 0.6 is 24.8 Å². The third-order valence-corrected chi connectivity index (χ3v) is 4.11. The van der Waals surface area contributed by atoms with Crippen molar-refractivity contribution >= 4 is 36.4 Å². The summed E-state index contributed by atoms with van der Waals surface area (Å²) in [6.07, 6.45) is 0.00692. The fourth-order valence-electron chi connectivity index (χ4n) is 2.88. The van der Waals surface area contributed by atoms with Crippen molar-refractivity contribution in [3.8, 4) is 0 Å². The maximum absolute atomic E-state index is 12.2. The number of morpholine rings is 1. The molecule has 2 aromatic carbocycles. The highest BCUT2D eigenvalue weighted by molar-refractivity contribution is 5.94. The van der Waals surface area contributed by atoms with Crippen molar-refractivity contribution in [1.82, 2.24) is 10.2 Å². The van der Waals surface area contributed by atoms with Crippen LogP contribution in [0.2, 0.25) is 0 Å². The predicted octanol–water partition coefficient (Wildman–Crippen LogP) is 2.74. The van der Waals surface area contributed by atoms with E-state index in [0.29, 0.717) is 24.4 Å². The number of halogens is 2. The molecule has 7 heteroatoms. The fraction of sp³-hybridized carbons (Fsp3) is 0.316. The van der Waals surface area contributed by atoms with Gasteiger partial charge in [0, 0.05) is 37.4 Å². The number of nitrogens with one attached hydrogen (secondary N) is 1. The molecule has 0 aliphatic carbocycles. The first-order valence-electron chi connectivity index (χ1n) is 8.22. The van der Waals surface area contributed by atoms with Crippen LogP contribution in [-0.4, -0.2) is 43.2 Å². The second-order valence-electron chi connectivity index (χ2n) is 6.05. The average molecular weight is 398 g/mol. The highest BCUT2D eigenvalue weighted by atomic mass is 35.5. The highest BCUT2D eigenvalue weighted by Crippen LogP contribution is 2.11. The molecule has 1 saturated heterocycles. The second kappa shape index (κ2) is 11.0. The predicted molar refractivity (Wildman–Crippen MR) is 109 cm³/mol. The van der Waals surface area contributed by atoms with E-state index in [4.69, 9.17) is 10.5 Å². The normalized spacial score (nSPS) is 16.8. The van der Waals surface area contributed by atoms with Crippen molar-refractivity contribution in [1.29, 1.82) is 0 Å². The molecular formula is C19H25Cl2N3O2. The molecule has 1 heterocycles. The maximum Gasteiger partial charge on any atom is 0.251 e. The number of hydrogen-bond donors (Lipinski definition) is 2. The number of benzene rings is 2. The number of nitrogen functional groups attached to an aromatic ring is 1. The minimum absolute atomic E-state index is 0. The van der Waals surface area contributed by atoms with Gasteiger partial charge in [0.1, 0.15) is 0 Å². The molecule has 3 rings (SSSR count). The lowest BCUT2D eigenvalue weighted by Gasteiger charge is -2.33. The van der Waals surface area contributed by atoms with Crippen molar-refractivity contribution in [2.45, 2.75) is 12.6 Å². The van der Waals surface area contributed by atoms with Gasteiger partial charge in [-0.3, -0.25) is 9.69 Å². The van der Waals surface area contributed by atoms with E-state index in [0.717, 1.165) is 19.6 Å². The number of rotatable bonds is 5. The maximum atomic E-state index is 12.2. The van der Waals surface area contributed by atoms with Crippen LogP contribution in [0.1, 0.15) is 15.9 Å². The van der Waals surface area contributed by atoms with Crippen LogP contribution < -0.4 is 11.1 Å². The zero-order valence-corrected chi connectivity index (χ0v) is 16.1. The summed E-state index contributed by atoms with van der Waals surface area (Å²) < 4.78 is 5.77. The van der Waals surface area contributed by atoms with Gasteiger partial charge in [-0.1, -0.05) is 36.4 Å². The standard InChI is InChI=1S/C19H23N3O2.2ClH/c20-17-8-4-7-16(11-17)19(23)21-12-18-14-22(9-10-24-18)13-15-5-2-1-3-6-15;;/h1-8,11,18H,9-10,12-14,20H2,(H,21,23);2*1H. The lowest BCUT2D eigenvalue weighted by atomic mass is 10.1. The van der Waals surface area contributed by atoms with Gasteiger partial charge in [0.15, 0.2) is 0 Å². The largest absolute Gasteiger partial charge is 0.399 e. The van der Waals surface area contributed by atoms with Crippen LogP contribution in [0.15, 0.2) is 54.6 Å². The molecule has 0 radical (unpaired) electrons. The van der Waals surface area contributed by atoms with E-state index < -0.39 is 0 Å². The van der Waals surface area contributed by atoms with E-state index in [9.17, 15) is 4.79 Å². The molecule has 26 heavy (non-hydrogen) atoms. The smallest absolute Gasteiger partial charge is 0.251 e. The van der Waals surface area contributed by atoms with Gasteiger partial charge < -0.3 is 15.8 Å². The van der Waals surface area contributed by atoms with Gasteiger partial charge in [-0.05, 0) is 23.8 Å². The Labute approximate surface area is 166 Å². The number of anilines is 1. The fourth-order valence-corrected chi connectivity index (χ4v) is 2.88. The Morgan fingerprint density at radius 2 is 1.92 bits per heavy atom.